The van der Waals surface area contributed by atoms with Crippen molar-refractivity contribution in [3.8, 4) is 0 Å². The second-order valence-electron chi connectivity index (χ2n) is 14.5. The van der Waals surface area contributed by atoms with Crippen LogP contribution >= 0.6 is 0 Å². The molecule has 0 bridgehead atoms. The van der Waals surface area contributed by atoms with Gasteiger partial charge in [-0.25, -0.2) is 0 Å². The van der Waals surface area contributed by atoms with Crippen molar-refractivity contribution in [1.82, 2.24) is 0 Å². The van der Waals surface area contributed by atoms with Crippen LogP contribution in [0.2, 0.25) is 0 Å². The van der Waals surface area contributed by atoms with Crippen LogP contribution in [0.4, 0.5) is 0 Å². The highest BCUT2D eigenvalue weighted by molar-refractivity contribution is 5.70. The Morgan fingerprint density at radius 3 is 1.63 bits per heavy atom. The number of esters is 2. The molecule has 0 aliphatic heterocycles. The summed E-state index contributed by atoms with van der Waals surface area (Å²) in [6.07, 6.45) is 35.7. The van der Waals surface area contributed by atoms with Crippen molar-refractivity contribution >= 4 is 17.9 Å². The number of aliphatic carboxylic acids is 1. The van der Waals surface area contributed by atoms with E-state index in [1.807, 2.05) is 21.1 Å². The number of nitrogens with zero attached hydrogens (tertiary/aromatic N) is 1. The largest absolute Gasteiger partial charge is 0.545 e. The molecule has 0 saturated carbocycles. The molecular formula is C43H75NO8. The molecule has 0 rings (SSSR count). The van der Waals surface area contributed by atoms with Crippen molar-refractivity contribution in [3.05, 3.63) is 48.6 Å². The number of allylic oxidation sites excluding steroid dienone is 8. The van der Waals surface area contributed by atoms with Crippen molar-refractivity contribution in [1.29, 1.82) is 0 Å². The van der Waals surface area contributed by atoms with Gasteiger partial charge in [-0.2, -0.15) is 0 Å². The molecule has 0 aliphatic rings. The first-order valence-corrected chi connectivity index (χ1v) is 20.3. The molecule has 9 nitrogen and oxygen atoms in total. The van der Waals surface area contributed by atoms with Crippen molar-refractivity contribution < 1.29 is 42.9 Å². The number of unbranched alkanes of at least 4 members (excludes halogenated alkanes) is 13. The van der Waals surface area contributed by atoms with Crippen LogP contribution in [0.15, 0.2) is 48.6 Å². The summed E-state index contributed by atoms with van der Waals surface area (Å²) in [5.74, 6) is -2.35. The van der Waals surface area contributed by atoms with Gasteiger partial charge in [-0.3, -0.25) is 9.59 Å². The summed E-state index contributed by atoms with van der Waals surface area (Å²) in [6.45, 7) is 4.55. The third-order valence-electron chi connectivity index (χ3n) is 8.34. The van der Waals surface area contributed by atoms with Crippen LogP contribution in [-0.4, -0.2) is 82.3 Å². The lowest BCUT2D eigenvalue weighted by atomic mass is 10.0. The summed E-state index contributed by atoms with van der Waals surface area (Å²) in [7, 11) is 5.88. The highest BCUT2D eigenvalue weighted by Crippen LogP contribution is 2.13. The molecule has 0 heterocycles. The van der Waals surface area contributed by atoms with Gasteiger partial charge in [0.15, 0.2) is 12.4 Å². The van der Waals surface area contributed by atoms with Crippen LogP contribution in [0, 0.1) is 0 Å². The van der Waals surface area contributed by atoms with Crippen LogP contribution in [0.5, 0.6) is 0 Å². The number of carbonyl (C=O) groups excluding carboxylic acids is 3. The molecule has 2 unspecified atom stereocenters. The highest BCUT2D eigenvalue weighted by atomic mass is 16.7. The first-order chi connectivity index (χ1) is 25.1. The molecule has 0 fully saturated rings. The maximum absolute atomic E-state index is 12.7. The summed E-state index contributed by atoms with van der Waals surface area (Å²) in [4.78, 5) is 36.8. The smallest absolute Gasteiger partial charge is 0.306 e. The number of rotatable bonds is 36. The molecular weight excluding hydrogens is 658 g/mol. The zero-order chi connectivity index (χ0) is 38.5. The van der Waals surface area contributed by atoms with E-state index in [2.05, 4.69) is 62.5 Å². The molecule has 0 saturated heterocycles. The van der Waals surface area contributed by atoms with E-state index in [-0.39, 0.29) is 38.6 Å². The Hall–Kier alpha value is -2.75. The fourth-order valence-electron chi connectivity index (χ4n) is 5.17. The zero-order valence-corrected chi connectivity index (χ0v) is 33.7. The fraction of sp³-hybridized carbons (Fsp3) is 0.744. The number of hydrogen-bond donors (Lipinski definition) is 0. The molecule has 0 N–H and O–H groups in total. The molecule has 0 aromatic rings. The second kappa shape index (κ2) is 35.3. The Morgan fingerprint density at radius 1 is 0.596 bits per heavy atom. The minimum absolute atomic E-state index is 0.139. The Kier molecular flexibility index (Phi) is 33.4. The first-order valence-electron chi connectivity index (χ1n) is 20.3. The van der Waals surface area contributed by atoms with E-state index < -0.39 is 24.3 Å². The molecule has 52 heavy (non-hydrogen) atoms. The van der Waals surface area contributed by atoms with Gasteiger partial charge in [0.1, 0.15) is 13.2 Å². The van der Waals surface area contributed by atoms with Crippen molar-refractivity contribution in [2.24, 2.45) is 0 Å². The molecule has 0 aromatic carbocycles. The third kappa shape index (κ3) is 35.6. The quantitative estimate of drug-likeness (QED) is 0.0207. The predicted molar refractivity (Wildman–Crippen MR) is 209 cm³/mol. The highest BCUT2D eigenvalue weighted by Gasteiger charge is 2.21. The van der Waals surface area contributed by atoms with E-state index in [4.69, 9.17) is 18.9 Å². The Labute approximate surface area is 317 Å². The molecule has 0 spiro atoms. The van der Waals surface area contributed by atoms with Gasteiger partial charge in [0.25, 0.3) is 0 Å². The van der Waals surface area contributed by atoms with Crippen molar-refractivity contribution in [3.63, 3.8) is 0 Å². The van der Waals surface area contributed by atoms with Gasteiger partial charge in [0, 0.05) is 12.8 Å². The SMILES string of the molecule is CC/C=C\C/C=C\C/C=C\C/C=C\CCCCC(=O)OC(COC(=O)CCCCCCCCCCCCCC)COC(OCC[N+](C)(C)C)C(=O)[O-]. The molecule has 0 aromatic heterocycles. The average Bonchev–Trinajstić information content (AvgIpc) is 3.09. The number of ether oxygens (including phenoxy) is 4. The van der Waals surface area contributed by atoms with Gasteiger partial charge in [-0.05, 0) is 51.4 Å². The monoisotopic (exact) mass is 734 g/mol. The average molecular weight is 734 g/mol. The fourth-order valence-corrected chi connectivity index (χ4v) is 5.17. The Morgan fingerprint density at radius 2 is 1.10 bits per heavy atom. The van der Waals surface area contributed by atoms with E-state index >= 15 is 0 Å². The molecule has 0 amide bonds. The number of carbonyl (C=O) groups is 3. The molecule has 2 atom stereocenters. The Balaban J connectivity index is 4.59. The van der Waals surface area contributed by atoms with Crippen molar-refractivity contribution in [2.45, 2.75) is 161 Å². The lowest BCUT2D eigenvalue weighted by Gasteiger charge is -2.26. The summed E-state index contributed by atoms with van der Waals surface area (Å²) in [5.41, 5.74) is 0. The lowest BCUT2D eigenvalue weighted by Crippen LogP contribution is -2.44. The molecule has 0 radical (unpaired) electrons. The van der Waals surface area contributed by atoms with Crippen molar-refractivity contribution in [2.75, 3.05) is 47.5 Å². The standard InChI is InChI=1S/C43H75NO8/c1-6-8-10-12-14-16-18-20-21-22-24-26-28-30-32-34-41(46)52-39(38-51-43(42(47)48)49-36-35-44(3,4)5)37-50-40(45)33-31-29-27-25-23-19-17-15-13-11-9-7-2/h8,10,14,16,20-21,24,26,39,43H,6-7,9,11-13,15,17-19,22-23,25,27-38H2,1-5H3/b10-8-,16-14-,21-20-,26-24-. The lowest BCUT2D eigenvalue weighted by molar-refractivity contribution is -0.870. The maximum atomic E-state index is 12.7. The van der Waals surface area contributed by atoms with Crippen LogP contribution in [0.3, 0.4) is 0 Å². The third-order valence-corrected chi connectivity index (χ3v) is 8.34. The van der Waals surface area contributed by atoms with Gasteiger partial charge in [0.05, 0.1) is 40.3 Å². The summed E-state index contributed by atoms with van der Waals surface area (Å²) in [5, 5.41) is 11.6. The van der Waals surface area contributed by atoms with E-state index in [1.165, 1.54) is 57.8 Å². The summed E-state index contributed by atoms with van der Waals surface area (Å²) < 4.78 is 22.4. The minimum Gasteiger partial charge on any atom is -0.545 e. The molecule has 0 aliphatic carbocycles. The number of likely N-dealkylation sites (N-methyl/N-ethyl adjacent to an activating group) is 1. The van der Waals surface area contributed by atoms with Gasteiger partial charge >= 0.3 is 11.9 Å². The van der Waals surface area contributed by atoms with E-state index in [1.54, 1.807) is 0 Å². The number of hydrogen-bond acceptors (Lipinski definition) is 8. The van der Waals surface area contributed by atoms with Gasteiger partial charge in [-0.1, -0.05) is 133 Å². The zero-order valence-electron chi connectivity index (χ0n) is 33.7. The van der Waals surface area contributed by atoms with Crippen LogP contribution in [-0.2, 0) is 33.3 Å². The number of carboxylic acids is 1. The Bertz CT molecular complexity index is 998. The van der Waals surface area contributed by atoms with E-state index in [0.29, 0.717) is 17.4 Å². The van der Waals surface area contributed by atoms with Gasteiger partial charge < -0.3 is 33.3 Å². The second-order valence-corrected chi connectivity index (χ2v) is 14.5. The molecule has 9 heteroatoms. The van der Waals surface area contributed by atoms with Crippen LogP contribution < -0.4 is 5.11 Å². The van der Waals surface area contributed by atoms with Crippen LogP contribution in [0.1, 0.15) is 149 Å². The summed E-state index contributed by atoms with van der Waals surface area (Å²) in [6, 6.07) is 0. The number of carboxylic acid groups (broad SMARTS) is 1. The normalized spacial score (nSPS) is 13.5. The van der Waals surface area contributed by atoms with E-state index in [0.717, 1.165) is 57.8 Å². The number of quaternary nitrogens is 1. The van der Waals surface area contributed by atoms with Gasteiger partial charge in [0.2, 0.25) is 0 Å². The van der Waals surface area contributed by atoms with Gasteiger partial charge in [-0.15, -0.1) is 0 Å². The first kappa shape index (κ1) is 49.2. The minimum atomic E-state index is -1.63. The predicted octanol–water partition coefficient (Wildman–Crippen LogP) is 8.71. The maximum Gasteiger partial charge on any atom is 0.306 e. The topological polar surface area (TPSA) is 111 Å². The van der Waals surface area contributed by atoms with E-state index in [9.17, 15) is 19.5 Å². The van der Waals surface area contributed by atoms with Crippen LogP contribution in [0.25, 0.3) is 0 Å². The molecule has 300 valence electrons. The summed E-state index contributed by atoms with van der Waals surface area (Å²) >= 11 is 0.